The third-order valence-corrected chi connectivity index (χ3v) is 4.17. The fourth-order valence-electron chi connectivity index (χ4n) is 2.67. The molecule has 25 heavy (non-hydrogen) atoms. The lowest BCUT2D eigenvalue weighted by Crippen LogP contribution is -2.22. The number of hydrogen-bond donors (Lipinski definition) is 2. The van der Waals surface area contributed by atoms with Gasteiger partial charge in [-0.3, -0.25) is 0 Å². The average molecular weight is 345 g/mol. The molecule has 0 amide bonds. The van der Waals surface area contributed by atoms with Crippen LogP contribution in [0.1, 0.15) is 11.6 Å². The van der Waals surface area contributed by atoms with Gasteiger partial charge in [0.15, 0.2) is 17.0 Å². The Hall–Kier alpha value is -2.58. The van der Waals surface area contributed by atoms with Crippen molar-refractivity contribution in [2.75, 3.05) is 31.7 Å². The van der Waals surface area contributed by atoms with Crippen LogP contribution in [0.4, 0.5) is 10.2 Å². The molecule has 0 saturated carbocycles. The first-order chi connectivity index (χ1) is 12.1. The highest BCUT2D eigenvalue weighted by Gasteiger charge is 2.17. The van der Waals surface area contributed by atoms with Crippen LogP contribution in [0.15, 0.2) is 36.9 Å². The fraction of sp³-hybridized carbons (Fsp3) is 0.353. The van der Waals surface area contributed by atoms with Gasteiger partial charge in [-0.2, -0.15) is 0 Å². The summed E-state index contributed by atoms with van der Waals surface area (Å²) in [6.07, 6.45) is 3.72. The van der Waals surface area contributed by atoms with Crippen LogP contribution in [0, 0.1) is 5.82 Å². The molecule has 0 aliphatic rings. The number of aromatic nitrogens is 4. The Morgan fingerprint density at radius 3 is 2.52 bits per heavy atom. The van der Waals surface area contributed by atoms with E-state index in [4.69, 9.17) is 0 Å². The Morgan fingerprint density at radius 1 is 1.12 bits per heavy atom. The highest BCUT2D eigenvalue weighted by molar-refractivity contribution is 5.83. The average Bonchev–Trinajstić information content (AvgIpc) is 3.06. The molecule has 0 unspecified atom stereocenters. The first-order valence-electron chi connectivity index (χ1n) is 7.99. The second-order valence-corrected chi connectivity index (χ2v) is 5.84. The van der Waals surface area contributed by atoms with E-state index in [0.29, 0.717) is 23.5 Å². The summed E-state index contributed by atoms with van der Waals surface area (Å²) in [5, 5.41) is 18.8. The first kappa shape index (κ1) is 17.2. The summed E-state index contributed by atoms with van der Waals surface area (Å²) >= 11 is 0. The minimum absolute atomic E-state index is 0.207. The van der Waals surface area contributed by atoms with Gasteiger partial charge in [0.1, 0.15) is 12.1 Å². The van der Waals surface area contributed by atoms with Crippen molar-refractivity contribution in [3.05, 3.63) is 48.3 Å². The number of benzene rings is 1. The van der Waals surface area contributed by atoms with E-state index in [1.165, 1.54) is 18.5 Å². The summed E-state index contributed by atoms with van der Waals surface area (Å²) in [6.45, 7) is 0.261. The number of aliphatic hydroxyl groups excluding tert-OH is 2. The lowest BCUT2D eigenvalue weighted by Gasteiger charge is -2.18. The van der Waals surface area contributed by atoms with Crippen LogP contribution in [0.25, 0.3) is 11.2 Å². The number of aliphatic hydroxyl groups is 2. The molecule has 132 valence electrons. The molecule has 0 aliphatic carbocycles. The maximum absolute atomic E-state index is 13.0. The van der Waals surface area contributed by atoms with Crippen molar-refractivity contribution in [2.45, 2.75) is 12.5 Å². The summed E-state index contributed by atoms with van der Waals surface area (Å²) in [7, 11) is 1.90. The predicted octanol–water partition coefficient (Wildman–Crippen LogP) is 1.17. The van der Waals surface area contributed by atoms with Crippen molar-refractivity contribution >= 4 is 17.0 Å². The minimum atomic E-state index is -0.489. The molecular formula is C17H20FN5O2. The van der Waals surface area contributed by atoms with Crippen molar-refractivity contribution in [1.29, 1.82) is 0 Å². The Morgan fingerprint density at radius 2 is 1.84 bits per heavy atom. The van der Waals surface area contributed by atoms with Crippen LogP contribution < -0.4 is 4.90 Å². The Kier molecular flexibility index (Phi) is 5.20. The summed E-state index contributed by atoms with van der Waals surface area (Å²) in [6, 6.07) is 5.94. The normalized spacial score (nSPS) is 11.4. The minimum Gasteiger partial charge on any atom is -0.394 e. The molecule has 0 fully saturated rings. The highest BCUT2D eigenvalue weighted by Crippen LogP contribution is 2.23. The van der Waals surface area contributed by atoms with Gasteiger partial charge in [0.2, 0.25) is 0 Å². The molecule has 3 aromatic rings. The van der Waals surface area contributed by atoms with E-state index in [0.717, 1.165) is 12.0 Å². The number of nitrogens with zero attached hydrogens (tertiary/aromatic N) is 5. The zero-order chi connectivity index (χ0) is 17.8. The number of hydrogen-bond acceptors (Lipinski definition) is 6. The standard InChI is InChI=1S/C17H20FN5O2/c1-22(7-6-12-2-4-13(18)5-3-12)16-15-17(20-10-19-16)23(11-21-15)14(8-24)9-25/h2-5,10-11,14,24-25H,6-9H2,1H3. The number of imidazole rings is 1. The molecule has 0 radical (unpaired) electrons. The van der Waals surface area contributed by atoms with E-state index in [1.807, 2.05) is 11.9 Å². The van der Waals surface area contributed by atoms with Crippen molar-refractivity contribution < 1.29 is 14.6 Å². The van der Waals surface area contributed by atoms with Crippen LogP contribution in [-0.2, 0) is 6.42 Å². The summed E-state index contributed by atoms with van der Waals surface area (Å²) < 4.78 is 14.6. The molecule has 0 bridgehead atoms. The molecular weight excluding hydrogens is 325 g/mol. The van der Waals surface area contributed by atoms with Gasteiger partial charge >= 0.3 is 0 Å². The van der Waals surface area contributed by atoms with Gasteiger partial charge in [0.25, 0.3) is 0 Å². The summed E-state index contributed by atoms with van der Waals surface area (Å²) in [5.74, 6) is 0.419. The van der Waals surface area contributed by atoms with Crippen LogP contribution in [-0.4, -0.2) is 56.5 Å². The smallest absolute Gasteiger partial charge is 0.165 e. The van der Waals surface area contributed by atoms with Gasteiger partial charge in [-0.1, -0.05) is 12.1 Å². The van der Waals surface area contributed by atoms with Gasteiger partial charge in [-0.15, -0.1) is 0 Å². The van der Waals surface area contributed by atoms with E-state index in [2.05, 4.69) is 15.0 Å². The predicted molar refractivity (Wildman–Crippen MR) is 91.9 cm³/mol. The molecule has 0 spiro atoms. The number of anilines is 1. The number of likely N-dealkylation sites (N-methyl/N-ethyl adjacent to an activating group) is 1. The second-order valence-electron chi connectivity index (χ2n) is 5.84. The van der Waals surface area contributed by atoms with Crippen LogP contribution in [0.2, 0.25) is 0 Å². The van der Waals surface area contributed by atoms with Crippen molar-refractivity contribution in [1.82, 2.24) is 19.5 Å². The van der Waals surface area contributed by atoms with Gasteiger partial charge < -0.3 is 19.7 Å². The van der Waals surface area contributed by atoms with Crippen LogP contribution in [0.5, 0.6) is 0 Å². The zero-order valence-electron chi connectivity index (χ0n) is 13.9. The molecule has 7 nitrogen and oxygen atoms in total. The fourth-order valence-corrected chi connectivity index (χ4v) is 2.67. The largest absolute Gasteiger partial charge is 0.394 e. The van der Waals surface area contributed by atoms with Crippen molar-refractivity contribution in [2.24, 2.45) is 0 Å². The second kappa shape index (κ2) is 7.54. The third-order valence-electron chi connectivity index (χ3n) is 4.17. The van der Waals surface area contributed by atoms with Gasteiger partial charge in [0.05, 0.1) is 25.6 Å². The maximum Gasteiger partial charge on any atom is 0.165 e. The lowest BCUT2D eigenvalue weighted by molar-refractivity contribution is 0.156. The number of fused-ring (bicyclic) bond motifs is 1. The number of rotatable bonds is 7. The number of halogens is 1. The third kappa shape index (κ3) is 3.59. The maximum atomic E-state index is 13.0. The quantitative estimate of drug-likeness (QED) is 0.668. The van der Waals surface area contributed by atoms with E-state index < -0.39 is 6.04 Å². The van der Waals surface area contributed by atoms with Gasteiger partial charge in [-0.25, -0.2) is 19.3 Å². The Labute approximate surface area is 144 Å². The monoisotopic (exact) mass is 345 g/mol. The van der Waals surface area contributed by atoms with Crippen LogP contribution >= 0.6 is 0 Å². The van der Waals surface area contributed by atoms with E-state index in [-0.39, 0.29) is 19.0 Å². The highest BCUT2D eigenvalue weighted by atomic mass is 19.1. The zero-order valence-corrected chi connectivity index (χ0v) is 13.9. The SMILES string of the molecule is CN(CCc1ccc(F)cc1)c1ncnc2c1ncn2C(CO)CO. The summed E-state index contributed by atoms with van der Waals surface area (Å²) in [4.78, 5) is 14.8. The van der Waals surface area contributed by atoms with Crippen LogP contribution in [0.3, 0.4) is 0 Å². The topological polar surface area (TPSA) is 87.3 Å². The van der Waals surface area contributed by atoms with Gasteiger partial charge in [0, 0.05) is 13.6 Å². The Bertz CT molecular complexity index is 833. The molecule has 0 saturated heterocycles. The first-order valence-corrected chi connectivity index (χ1v) is 7.99. The van der Waals surface area contributed by atoms with E-state index in [9.17, 15) is 14.6 Å². The van der Waals surface area contributed by atoms with E-state index in [1.54, 1.807) is 23.0 Å². The lowest BCUT2D eigenvalue weighted by atomic mass is 10.1. The van der Waals surface area contributed by atoms with Gasteiger partial charge in [-0.05, 0) is 24.1 Å². The van der Waals surface area contributed by atoms with Crippen molar-refractivity contribution in [3.63, 3.8) is 0 Å². The molecule has 1 aromatic carbocycles. The molecule has 8 heteroatoms. The van der Waals surface area contributed by atoms with Crippen molar-refractivity contribution in [3.8, 4) is 0 Å². The molecule has 0 atom stereocenters. The molecule has 3 rings (SSSR count). The summed E-state index contributed by atoms with van der Waals surface area (Å²) in [5.41, 5.74) is 2.20. The molecule has 0 aliphatic heterocycles. The molecule has 2 heterocycles. The van der Waals surface area contributed by atoms with E-state index >= 15 is 0 Å². The molecule has 2 N–H and O–H groups in total. The molecule has 2 aromatic heterocycles. The Balaban J connectivity index is 1.81.